The number of hydrogen-bond acceptors (Lipinski definition) is 5. The molecule has 1 amide bonds. The number of benzene rings is 2. The fraction of sp³-hybridized carbons (Fsp3) is 0.188. The lowest BCUT2D eigenvalue weighted by atomic mass is 10.1. The number of carbonyl (C=O) groups is 1. The quantitative estimate of drug-likeness (QED) is 0.599. The van der Waals surface area contributed by atoms with Crippen LogP contribution in [0.4, 0.5) is 5.69 Å². The molecule has 0 aliphatic heterocycles. The summed E-state index contributed by atoms with van der Waals surface area (Å²) in [6.07, 6.45) is 0. The van der Waals surface area contributed by atoms with Gasteiger partial charge in [0.05, 0.1) is 25.2 Å². The van der Waals surface area contributed by atoms with Crippen molar-refractivity contribution in [3.8, 4) is 11.5 Å². The number of carbonyl (C=O) groups excluding carboxylic acids is 1. The summed E-state index contributed by atoms with van der Waals surface area (Å²) in [7, 11) is 2.77. The smallest absolute Gasteiger partial charge is 0.286 e. The van der Waals surface area contributed by atoms with Gasteiger partial charge >= 0.3 is 0 Å². The second kappa shape index (κ2) is 7.78. The second-order valence-corrected chi connectivity index (χ2v) is 5.71. The van der Waals surface area contributed by atoms with Crippen molar-refractivity contribution in [2.45, 2.75) is 6.54 Å². The number of hydrogen-bond donors (Lipinski definition) is 1. The normalized spacial score (nSPS) is 10.1. The van der Waals surface area contributed by atoms with Crippen molar-refractivity contribution in [2.24, 2.45) is 0 Å². The van der Waals surface area contributed by atoms with Crippen molar-refractivity contribution in [3.63, 3.8) is 0 Å². The van der Waals surface area contributed by atoms with Crippen LogP contribution in [0.5, 0.6) is 11.5 Å². The number of nitro benzene ring substituents is 1. The molecule has 1 N–H and O–H groups in total. The highest BCUT2D eigenvalue weighted by molar-refractivity contribution is 9.10. The topological polar surface area (TPSA) is 90.7 Å². The Morgan fingerprint density at radius 3 is 2.46 bits per heavy atom. The molecule has 0 aliphatic rings. The first-order valence-electron chi connectivity index (χ1n) is 6.89. The molecular formula is C16H15BrN2O5. The van der Waals surface area contributed by atoms with E-state index in [-0.39, 0.29) is 29.3 Å². The number of nitrogens with zero attached hydrogens (tertiary/aromatic N) is 1. The Labute approximate surface area is 146 Å². The van der Waals surface area contributed by atoms with Crippen molar-refractivity contribution in [3.05, 3.63) is 62.1 Å². The molecule has 0 heterocycles. The van der Waals surface area contributed by atoms with Crippen molar-refractivity contribution >= 4 is 27.5 Å². The zero-order valence-corrected chi connectivity index (χ0v) is 14.6. The molecule has 0 saturated carbocycles. The number of halogens is 1. The van der Waals surface area contributed by atoms with Crippen LogP contribution in [0.1, 0.15) is 15.9 Å². The number of methoxy groups -OCH3 is 2. The molecule has 0 aliphatic carbocycles. The highest BCUT2D eigenvalue weighted by Gasteiger charge is 2.24. The van der Waals surface area contributed by atoms with Crippen molar-refractivity contribution < 1.29 is 19.2 Å². The second-order valence-electron chi connectivity index (χ2n) is 4.79. The maximum Gasteiger partial charge on any atom is 0.286 e. The molecule has 0 unspecified atom stereocenters. The maximum absolute atomic E-state index is 12.4. The van der Waals surface area contributed by atoms with E-state index in [0.717, 1.165) is 10.0 Å². The molecule has 0 spiro atoms. The minimum Gasteiger partial charge on any atom is -0.493 e. The highest BCUT2D eigenvalue weighted by Crippen LogP contribution is 2.34. The lowest BCUT2D eigenvalue weighted by Crippen LogP contribution is -2.23. The third kappa shape index (κ3) is 4.02. The van der Waals surface area contributed by atoms with E-state index >= 15 is 0 Å². The fourth-order valence-corrected chi connectivity index (χ4v) is 2.57. The summed E-state index contributed by atoms with van der Waals surface area (Å²) in [6.45, 7) is 0.240. The third-order valence-corrected chi connectivity index (χ3v) is 3.78. The van der Waals surface area contributed by atoms with E-state index in [1.807, 2.05) is 24.3 Å². The van der Waals surface area contributed by atoms with Gasteiger partial charge in [-0.15, -0.1) is 0 Å². The van der Waals surface area contributed by atoms with Crippen LogP contribution in [0.15, 0.2) is 40.9 Å². The number of nitro groups is 1. The third-order valence-electron chi connectivity index (χ3n) is 3.29. The van der Waals surface area contributed by atoms with Crippen LogP contribution in [-0.4, -0.2) is 25.1 Å². The number of rotatable bonds is 6. The molecule has 0 fully saturated rings. The highest BCUT2D eigenvalue weighted by atomic mass is 79.9. The molecule has 0 atom stereocenters. The van der Waals surface area contributed by atoms with E-state index in [4.69, 9.17) is 9.47 Å². The summed E-state index contributed by atoms with van der Waals surface area (Å²) >= 11 is 3.35. The summed E-state index contributed by atoms with van der Waals surface area (Å²) in [5.41, 5.74) is 0.424. The van der Waals surface area contributed by atoms with E-state index in [0.29, 0.717) is 0 Å². The van der Waals surface area contributed by atoms with E-state index < -0.39 is 10.8 Å². The minimum atomic E-state index is -0.629. The van der Waals surface area contributed by atoms with Crippen molar-refractivity contribution in [2.75, 3.05) is 14.2 Å². The van der Waals surface area contributed by atoms with Crippen LogP contribution in [-0.2, 0) is 6.54 Å². The lowest BCUT2D eigenvalue weighted by Gasteiger charge is -2.11. The first-order valence-corrected chi connectivity index (χ1v) is 7.68. The van der Waals surface area contributed by atoms with Gasteiger partial charge in [0.25, 0.3) is 11.6 Å². The molecule has 24 heavy (non-hydrogen) atoms. The molecule has 126 valence electrons. The Morgan fingerprint density at radius 1 is 1.21 bits per heavy atom. The standard InChI is InChI=1S/C16H15BrN2O5/c1-23-14-7-12(13(19(21)22)8-15(14)24-2)16(20)18-9-10-4-3-5-11(17)6-10/h3-8H,9H2,1-2H3,(H,18,20). The molecule has 0 aromatic heterocycles. The number of nitrogens with one attached hydrogen (secondary N) is 1. The maximum atomic E-state index is 12.4. The summed E-state index contributed by atoms with van der Waals surface area (Å²) < 4.78 is 11.0. The molecule has 2 aromatic rings. The molecule has 0 bridgehead atoms. The summed E-state index contributed by atoms with van der Waals surface area (Å²) in [5, 5.41) is 13.9. The predicted molar refractivity (Wildman–Crippen MR) is 91.5 cm³/mol. The first kappa shape index (κ1) is 17.7. The Kier molecular flexibility index (Phi) is 5.75. The van der Waals surface area contributed by atoms with E-state index in [1.165, 1.54) is 26.4 Å². The van der Waals surface area contributed by atoms with Gasteiger partial charge in [-0.2, -0.15) is 0 Å². The average molecular weight is 395 g/mol. The Hall–Kier alpha value is -2.61. The molecule has 2 rings (SSSR count). The molecule has 2 aromatic carbocycles. The van der Waals surface area contributed by atoms with Crippen LogP contribution in [0.3, 0.4) is 0 Å². The van der Waals surface area contributed by atoms with E-state index in [9.17, 15) is 14.9 Å². The van der Waals surface area contributed by atoms with Crippen molar-refractivity contribution in [1.29, 1.82) is 0 Å². The predicted octanol–water partition coefficient (Wildman–Crippen LogP) is 3.30. The molecule has 7 nitrogen and oxygen atoms in total. The van der Waals surface area contributed by atoms with Crippen LogP contribution in [0, 0.1) is 10.1 Å². The van der Waals surface area contributed by atoms with Gasteiger partial charge < -0.3 is 14.8 Å². The monoisotopic (exact) mass is 394 g/mol. The van der Waals surface area contributed by atoms with Gasteiger partial charge in [-0.25, -0.2) is 0 Å². The van der Waals surface area contributed by atoms with Gasteiger partial charge in [-0.3, -0.25) is 14.9 Å². The number of amides is 1. The summed E-state index contributed by atoms with van der Waals surface area (Å²) in [6, 6.07) is 9.87. The zero-order chi connectivity index (χ0) is 17.7. The van der Waals surface area contributed by atoms with E-state index in [1.54, 1.807) is 0 Å². The fourth-order valence-electron chi connectivity index (χ4n) is 2.13. The number of ether oxygens (including phenoxy) is 2. The van der Waals surface area contributed by atoms with Crippen LogP contribution in [0.2, 0.25) is 0 Å². The average Bonchev–Trinajstić information content (AvgIpc) is 2.58. The Morgan fingerprint density at radius 2 is 1.88 bits per heavy atom. The van der Waals surface area contributed by atoms with E-state index in [2.05, 4.69) is 21.2 Å². The summed E-state index contributed by atoms with van der Waals surface area (Å²) in [4.78, 5) is 23.0. The van der Waals surface area contributed by atoms with Gasteiger partial charge in [0, 0.05) is 17.1 Å². The van der Waals surface area contributed by atoms with Gasteiger partial charge in [0.15, 0.2) is 11.5 Å². The zero-order valence-electron chi connectivity index (χ0n) is 13.0. The SMILES string of the molecule is COc1cc(C(=O)NCc2cccc(Br)c2)c([N+](=O)[O-])cc1OC. The van der Waals surface area contributed by atoms with Gasteiger partial charge in [0.1, 0.15) is 5.56 Å². The van der Waals surface area contributed by atoms with Crippen molar-refractivity contribution in [1.82, 2.24) is 5.32 Å². The van der Waals surface area contributed by atoms with Crippen LogP contribution >= 0.6 is 15.9 Å². The van der Waals surface area contributed by atoms with Crippen LogP contribution in [0.25, 0.3) is 0 Å². The molecule has 0 saturated heterocycles. The Balaban J connectivity index is 2.28. The van der Waals surface area contributed by atoms with Crippen LogP contribution < -0.4 is 14.8 Å². The minimum absolute atomic E-state index is 0.0901. The van der Waals surface area contributed by atoms with Gasteiger partial charge in [0.2, 0.25) is 0 Å². The molecule has 0 radical (unpaired) electrons. The summed E-state index contributed by atoms with van der Waals surface area (Å²) in [5.74, 6) is -0.133. The Bertz CT molecular complexity index is 779. The first-order chi connectivity index (χ1) is 11.5. The largest absolute Gasteiger partial charge is 0.493 e. The lowest BCUT2D eigenvalue weighted by molar-refractivity contribution is -0.385. The van der Waals surface area contributed by atoms with Gasteiger partial charge in [-0.1, -0.05) is 28.1 Å². The van der Waals surface area contributed by atoms with Gasteiger partial charge in [-0.05, 0) is 17.7 Å². The molecule has 8 heteroatoms. The molecular weight excluding hydrogens is 380 g/mol.